The quantitative estimate of drug-likeness (QED) is 0.280. The van der Waals surface area contributed by atoms with Gasteiger partial charge in [0.15, 0.2) is 0 Å². The average molecular weight is 654 g/mol. The van der Waals surface area contributed by atoms with E-state index >= 15 is 0 Å². The molecular weight excluding hydrogens is 615 g/mol. The summed E-state index contributed by atoms with van der Waals surface area (Å²) >= 11 is 0. The third-order valence-corrected chi connectivity index (χ3v) is 12.4. The van der Waals surface area contributed by atoms with E-state index in [4.69, 9.17) is 4.74 Å². The van der Waals surface area contributed by atoms with E-state index in [0.717, 1.165) is 25.3 Å². The van der Waals surface area contributed by atoms with Gasteiger partial charge < -0.3 is 9.84 Å². The Bertz CT molecular complexity index is 1790. The molecule has 0 saturated carbocycles. The molecule has 0 aliphatic carbocycles. The van der Waals surface area contributed by atoms with Crippen LogP contribution >= 0.6 is 0 Å². The Morgan fingerprint density at radius 1 is 1.00 bits per heavy atom. The molecule has 0 aromatic heterocycles. The first-order chi connectivity index (χ1) is 20.7. The number of benzene rings is 3. The van der Waals surface area contributed by atoms with Crippen molar-refractivity contribution in [1.82, 2.24) is 8.61 Å². The summed E-state index contributed by atoms with van der Waals surface area (Å²) < 4.78 is 62.4. The summed E-state index contributed by atoms with van der Waals surface area (Å²) in [6, 6.07) is 22.8. The fraction of sp³-hybridized carbons (Fsp3) is 0.312. The molecular formula is C32H39N3O6S2Si. The lowest BCUT2D eigenvalue weighted by atomic mass is 9.95. The van der Waals surface area contributed by atoms with Crippen LogP contribution in [0.3, 0.4) is 0 Å². The summed E-state index contributed by atoms with van der Waals surface area (Å²) in [5, 5.41) is 10.7. The van der Waals surface area contributed by atoms with Crippen LogP contribution in [0.2, 0.25) is 25.7 Å². The fourth-order valence-electron chi connectivity index (χ4n) is 5.26. The minimum Gasteiger partial charge on any atom is -0.493 e. The topological polar surface area (TPSA) is 107 Å². The van der Waals surface area contributed by atoms with Crippen molar-refractivity contribution in [2.45, 2.75) is 51.3 Å². The Morgan fingerprint density at radius 2 is 1.68 bits per heavy atom. The van der Waals surface area contributed by atoms with E-state index in [1.807, 2.05) is 66.7 Å². The Balaban J connectivity index is 1.47. The van der Waals surface area contributed by atoms with Gasteiger partial charge in [-0.3, -0.25) is 0 Å². The number of aliphatic hydroxyl groups is 1. The van der Waals surface area contributed by atoms with E-state index in [1.165, 1.54) is 16.8 Å². The standard InChI is InChI=1S/C32H39N3O6S2Si/c1-42(37,38)34-22-28-13-9-8-12-27(28)21-29(34)16-14-25-15-17-30(31(20-25)41-24-26-10-6-5-7-11-26)35-23-32(36)33(43(35,39)40)18-19-44(2,3)4/h5-17,20,23,29,36H,18-19,21-22,24H2,1-4H3/t29-/m1/s1. The molecule has 12 heteroatoms. The van der Waals surface area contributed by atoms with E-state index in [0.29, 0.717) is 30.3 Å². The number of sulfonamides is 1. The van der Waals surface area contributed by atoms with E-state index in [9.17, 15) is 21.9 Å². The molecule has 1 atom stereocenters. The van der Waals surface area contributed by atoms with Gasteiger partial charge in [-0.2, -0.15) is 12.7 Å². The highest BCUT2D eigenvalue weighted by molar-refractivity contribution is 7.91. The molecule has 3 aromatic carbocycles. The van der Waals surface area contributed by atoms with Crippen LogP contribution in [0, 0.1) is 0 Å². The Labute approximate surface area is 261 Å². The van der Waals surface area contributed by atoms with Gasteiger partial charge in [0.05, 0.1) is 12.5 Å². The number of anilines is 1. The lowest BCUT2D eigenvalue weighted by Crippen LogP contribution is -2.42. The number of hydrogen-bond acceptors (Lipinski definition) is 6. The Hall–Kier alpha value is -3.58. The fourth-order valence-corrected chi connectivity index (χ4v) is 8.77. The first-order valence-corrected chi connectivity index (χ1v) is 21.4. The average Bonchev–Trinajstić information content (AvgIpc) is 3.19. The summed E-state index contributed by atoms with van der Waals surface area (Å²) in [5.41, 5.74) is 3.98. The van der Waals surface area contributed by atoms with Crippen molar-refractivity contribution >= 4 is 40.1 Å². The molecule has 234 valence electrons. The van der Waals surface area contributed by atoms with E-state index in [-0.39, 0.29) is 30.8 Å². The van der Waals surface area contributed by atoms with Gasteiger partial charge in [-0.15, -0.1) is 0 Å². The Morgan fingerprint density at radius 3 is 2.36 bits per heavy atom. The zero-order valence-corrected chi connectivity index (χ0v) is 28.1. The zero-order chi connectivity index (χ0) is 31.7. The third-order valence-electron chi connectivity index (χ3n) is 7.72. The minimum atomic E-state index is -4.08. The van der Waals surface area contributed by atoms with Gasteiger partial charge in [0.25, 0.3) is 0 Å². The summed E-state index contributed by atoms with van der Waals surface area (Å²) in [6.45, 7) is 7.14. The van der Waals surface area contributed by atoms with Crippen molar-refractivity contribution in [1.29, 1.82) is 0 Å². The second kappa shape index (κ2) is 12.4. The highest BCUT2D eigenvalue weighted by Crippen LogP contribution is 2.38. The van der Waals surface area contributed by atoms with E-state index in [2.05, 4.69) is 19.6 Å². The number of ether oxygens (including phenoxy) is 1. The largest absolute Gasteiger partial charge is 0.493 e. The minimum absolute atomic E-state index is 0.194. The summed E-state index contributed by atoms with van der Waals surface area (Å²) in [6.07, 6.45) is 6.67. The van der Waals surface area contributed by atoms with Crippen LogP contribution in [0.25, 0.3) is 6.08 Å². The van der Waals surface area contributed by atoms with Crippen molar-refractivity contribution in [3.63, 3.8) is 0 Å². The second-order valence-electron chi connectivity index (χ2n) is 12.4. The van der Waals surface area contributed by atoms with Crippen molar-refractivity contribution in [3.8, 4) is 5.75 Å². The number of rotatable bonds is 10. The molecule has 0 spiro atoms. The monoisotopic (exact) mass is 653 g/mol. The maximum Gasteiger partial charge on any atom is 0.332 e. The third kappa shape index (κ3) is 7.20. The molecule has 9 nitrogen and oxygen atoms in total. The van der Waals surface area contributed by atoms with Gasteiger partial charge in [-0.05, 0) is 46.9 Å². The van der Waals surface area contributed by atoms with E-state index in [1.54, 1.807) is 18.2 Å². The number of hydrogen-bond donors (Lipinski definition) is 1. The van der Waals surface area contributed by atoms with Gasteiger partial charge in [-0.1, -0.05) is 92.5 Å². The lowest BCUT2D eigenvalue weighted by molar-refractivity contribution is 0.294. The van der Waals surface area contributed by atoms with Gasteiger partial charge >= 0.3 is 10.2 Å². The van der Waals surface area contributed by atoms with Crippen LogP contribution in [0.15, 0.2) is 91.0 Å². The molecule has 2 aliphatic rings. The van der Waals surface area contributed by atoms with Crippen molar-refractivity contribution in [3.05, 3.63) is 113 Å². The predicted octanol–water partition coefficient (Wildman–Crippen LogP) is 5.73. The Kier molecular flexibility index (Phi) is 8.99. The smallest absolute Gasteiger partial charge is 0.332 e. The maximum atomic E-state index is 13.6. The van der Waals surface area contributed by atoms with Crippen molar-refractivity contribution < 1.29 is 26.7 Å². The molecule has 0 unspecified atom stereocenters. The SMILES string of the molecule is C[Si](C)(C)CCN1C(O)=CN(c2ccc(C=C[C@@H]3Cc4ccccc4CN3S(C)(=O)=O)cc2OCc2ccccc2)S1(=O)=O. The van der Waals surface area contributed by atoms with E-state index < -0.39 is 28.3 Å². The van der Waals surface area contributed by atoms with Gasteiger partial charge in [-0.25, -0.2) is 17.0 Å². The molecule has 0 saturated heterocycles. The molecule has 2 aliphatic heterocycles. The molecule has 2 heterocycles. The van der Waals surface area contributed by atoms with Gasteiger partial charge in [0, 0.05) is 27.2 Å². The molecule has 1 N–H and O–H groups in total. The molecule has 0 radical (unpaired) electrons. The van der Waals surface area contributed by atoms with Crippen LogP contribution in [0.1, 0.15) is 22.3 Å². The van der Waals surface area contributed by atoms with Crippen LogP contribution in [-0.4, -0.2) is 57.5 Å². The van der Waals surface area contributed by atoms with Crippen LogP contribution < -0.4 is 9.04 Å². The normalized spacial score (nSPS) is 18.8. The molecule has 0 amide bonds. The molecule has 3 aromatic rings. The lowest BCUT2D eigenvalue weighted by Gasteiger charge is -2.33. The molecule has 0 fully saturated rings. The number of aliphatic hydroxyl groups excluding tert-OH is 1. The zero-order valence-electron chi connectivity index (χ0n) is 25.4. The summed E-state index contributed by atoms with van der Waals surface area (Å²) in [4.78, 5) is 0. The van der Waals surface area contributed by atoms with Gasteiger partial charge in [0.1, 0.15) is 18.0 Å². The number of fused-ring (bicyclic) bond motifs is 1. The predicted molar refractivity (Wildman–Crippen MR) is 178 cm³/mol. The van der Waals surface area contributed by atoms with Gasteiger partial charge in [0.2, 0.25) is 15.9 Å². The summed E-state index contributed by atoms with van der Waals surface area (Å²) in [5.74, 6) is -0.0238. The molecule has 5 rings (SSSR count). The van der Waals surface area contributed by atoms with Crippen molar-refractivity contribution in [2.75, 3.05) is 17.1 Å². The molecule has 44 heavy (non-hydrogen) atoms. The van der Waals surface area contributed by atoms with Crippen molar-refractivity contribution in [2.24, 2.45) is 0 Å². The highest BCUT2D eigenvalue weighted by atomic mass is 32.2. The maximum absolute atomic E-state index is 13.6. The van der Waals surface area contributed by atoms with Crippen LogP contribution in [0.4, 0.5) is 5.69 Å². The second-order valence-corrected chi connectivity index (χ2v) is 21.7. The van der Waals surface area contributed by atoms with Crippen LogP contribution in [0.5, 0.6) is 5.75 Å². The first-order valence-electron chi connectivity index (χ1n) is 14.5. The summed E-state index contributed by atoms with van der Waals surface area (Å²) in [7, 11) is -9.13. The first kappa shape index (κ1) is 31.8. The molecule has 0 bridgehead atoms. The van der Waals surface area contributed by atoms with Crippen LogP contribution in [-0.2, 0) is 39.8 Å². The highest BCUT2D eigenvalue weighted by Gasteiger charge is 2.39. The number of nitrogens with zero attached hydrogens (tertiary/aromatic N) is 3.